The topological polar surface area (TPSA) is 46.9 Å². The summed E-state index contributed by atoms with van der Waals surface area (Å²) in [7, 11) is 0. The normalized spacial score (nSPS) is 11.0. The molecule has 4 nitrogen and oxygen atoms in total. The van der Waals surface area contributed by atoms with Gasteiger partial charge in [0.2, 0.25) is 0 Å². The van der Waals surface area contributed by atoms with Gasteiger partial charge in [0.15, 0.2) is 5.69 Å². The molecular formula is C27H19Cl2N3O. The molecule has 5 aromatic rings. The number of aromatic nitrogens is 2. The van der Waals surface area contributed by atoms with Crippen molar-refractivity contribution in [1.29, 1.82) is 0 Å². The molecular weight excluding hydrogens is 453 g/mol. The van der Waals surface area contributed by atoms with Crippen molar-refractivity contribution in [2.45, 2.75) is 6.92 Å². The molecule has 0 atom stereocenters. The van der Waals surface area contributed by atoms with E-state index in [1.807, 2.05) is 66.2 Å². The van der Waals surface area contributed by atoms with Gasteiger partial charge in [0.05, 0.1) is 22.1 Å². The first kappa shape index (κ1) is 21.3. The van der Waals surface area contributed by atoms with E-state index in [4.69, 9.17) is 23.2 Å². The van der Waals surface area contributed by atoms with Gasteiger partial charge < -0.3 is 5.32 Å². The third-order valence-corrected chi connectivity index (χ3v) is 5.98. The van der Waals surface area contributed by atoms with E-state index in [0.29, 0.717) is 15.7 Å². The Bertz CT molecular complexity index is 1500. The molecule has 162 valence electrons. The minimum absolute atomic E-state index is 0.283. The minimum atomic E-state index is -0.355. The number of nitrogens with zero attached hydrogens (tertiary/aromatic N) is 2. The predicted molar refractivity (Wildman–Crippen MR) is 136 cm³/mol. The van der Waals surface area contributed by atoms with Gasteiger partial charge in [-0.2, -0.15) is 5.10 Å². The average Bonchev–Trinajstić information content (AvgIpc) is 3.26. The Kier molecular flexibility index (Phi) is 5.63. The molecule has 1 heterocycles. The number of carbonyl (C=O) groups excluding carboxylic acids is 1. The molecule has 1 N–H and O–H groups in total. The van der Waals surface area contributed by atoms with Gasteiger partial charge in [0, 0.05) is 10.6 Å². The number of aryl methyl sites for hydroxylation is 1. The van der Waals surface area contributed by atoms with Crippen LogP contribution in [0.1, 0.15) is 16.1 Å². The molecule has 4 aromatic carbocycles. The summed E-state index contributed by atoms with van der Waals surface area (Å²) in [5.41, 5.74) is 4.55. The number of benzene rings is 4. The van der Waals surface area contributed by atoms with E-state index in [-0.39, 0.29) is 11.6 Å². The Labute approximate surface area is 201 Å². The van der Waals surface area contributed by atoms with Crippen molar-refractivity contribution >= 4 is 45.6 Å². The quantitative estimate of drug-likeness (QED) is 0.293. The average molecular weight is 472 g/mol. The van der Waals surface area contributed by atoms with Crippen LogP contribution in [0.4, 0.5) is 5.69 Å². The van der Waals surface area contributed by atoms with Crippen LogP contribution < -0.4 is 5.32 Å². The van der Waals surface area contributed by atoms with Gasteiger partial charge in [-0.3, -0.25) is 4.79 Å². The van der Waals surface area contributed by atoms with Gasteiger partial charge in [0.1, 0.15) is 0 Å². The Morgan fingerprint density at radius 1 is 0.879 bits per heavy atom. The van der Waals surface area contributed by atoms with Crippen molar-refractivity contribution in [3.8, 4) is 16.9 Å². The molecule has 0 bridgehead atoms. The van der Waals surface area contributed by atoms with E-state index in [1.54, 1.807) is 18.2 Å². The minimum Gasteiger partial charge on any atom is -0.319 e. The second-order valence-corrected chi connectivity index (χ2v) is 8.61. The van der Waals surface area contributed by atoms with Crippen molar-refractivity contribution < 1.29 is 4.79 Å². The standard InChI is InChI=1S/C27H19Cl2N3O/c1-17-6-4-9-20(14-17)32-26(22-11-5-8-18-7-2-3-10-21(18)22)16-25(31-32)27(33)30-24-13-12-19(28)15-23(24)29/h2-16H,1H3,(H,30,33). The highest BCUT2D eigenvalue weighted by atomic mass is 35.5. The molecule has 0 aliphatic carbocycles. The number of nitrogens with one attached hydrogen (secondary N) is 1. The molecule has 6 heteroatoms. The van der Waals surface area contributed by atoms with Crippen molar-refractivity contribution in [3.63, 3.8) is 0 Å². The third kappa shape index (κ3) is 4.23. The summed E-state index contributed by atoms with van der Waals surface area (Å²) in [5.74, 6) is -0.355. The predicted octanol–water partition coefficient (Wildman–Crippen LogP) is 7.56. The van der Waals surface area contributed by atoms with Crippen LogP contribution in [-0.4, -0.2) is 15.7 Å². The number of hydrogen-bond acceptors (Lipinski definition) is 2. The van der Waals surface area contributed by atoms with Gasteiger partial charge in [-0.05, 0) is 59.7 Å². The number of rotatable bonds is 4. The van der Waals surface area contributed by atoms with E-state index in [9.17, 15) is 4.79 Å². The van der Waals surface area contributed by atoms with E-state index < -0.39 is 0 Å². The van der Waals surface area contributed by atoms with Gasteiger partial charge >= 0.3 is 0 Å². The zero-order chi connectivity index (χ0) is 22.9. The van der Waals surface area contributed by atoms with Crippen LogP contribution in [0.5, 0.6) is 0 Å². The Balaban J connectivity index is 1.64. The second kappa shape index (κ2) is 8.74. The van der Waals surface area contributed by atoms with Crippen LogP contribution in [0.15, 0.2) is 91.0 Å². The molecule has 5 rings (SSSR count). The fraction of sp³-hybridized carbons (Fsp3) is 0.0370. The molecule has 0 saturated heterocycles. The highest BCUT2D eigenvalue weighted by Gasteiger charge is 2.19. The van der Waals surface area contributed by atoms with Gasteiger partial charge in [-0.25, -0.2) is 4.68 Å². The summed E-state index contributed by atoms with van der Waals surface area (Å²) in [5, 5.41) is 10.6. The molecule has 33 heavy (non-hydrogen) atoms. The highest BCUT2D eigenvalue weighted by Crippen LogP contribution is 2.32. The zero-order valence-corrected chi connectivity index (χ0v) is 19.2. The van der Waals surface area contributed by atoms with E-state index in [0.717, 1.165) is 33.3 Å². The van der Waals surface area contributed by atoms with Gasteiger partial charge in [-0.1, -0.05) is 77.8 Å². The van der Waals surface area contributed by atoms with Crippen molar-refractivity contribution in [2.24, 2.45) is 0 Å². The second-order valence-electron chi connectivity index (χ2n) is 7.77. The van der Waals surface area contributed by atoms with Gasteiger partial charge in [-0.15, -0.1) is 0 Å². The molecule has 0 fully saturated rings. The number of carbonyl (C=O) groups is 1. The fourth-order valence-corrected chi connectivity index (χ4v) is 4.32. The van der Waals surface area contributed by atoms with E-state index >= 15 is 0 Å². The maximum absolute atomic E-state index is 13.1. The third-order valence-electron chi connectivity index (χ3n) is 5.43. The molecule has 0 saturated carbocycles. The Morgan fingerprint density at radius 2 is 1.67 bits per heavy atom. The van der Waals surface area contributed by atoms with E-state index in [1.165, 1.54) is 0 Å². The molecule has 0 radical (unpaired) electrons. The first-order chi connectivity index (χ1) is 16.0. The van der Waals surface area contributed by atoms with Crippen LogP contribution in [-0.2, 0) is 0 Å². The lowest BCUT2D eigenvalue weighted by Crippen LogP contribution is -2.13. The summed E-state index contributed by atoms with van der Waals surface area (Å²) < 4.78 is 1.81. The number of amides is 1. The monoisotopic (exact) mass is 471 g/mol. The first-order valence-electron chi connectivity index (χ1n) is 10.4. The van der Waals surface area contributed by atoms with Crippen molar-refractivity contribution in [3.05, 3.63) is 112 Å². The van der Waals surface area contributed by atoms with Crippen LogP contribution in [0.2, 0.25) is 10.0 Å². The number of anilines is 1. The maximum atomic E-state index is 13.1. The maximum Gasteiger partial charge on any atom is 0.276 e. The summed E-state index contributed by atoms with van der Waals surface area (Å²) in [6.45, 7) is 2.03. The van der Waals surface area contributed by atoms with Gasteiger partial charge in [0.25, 0.3) is 5.91 Å². The lowest BCUT2D eigenvalue weighted by Gasteiger charge is -2.10. The molecule has 0 unspecified atom stereocenters. The summed E-state index contributed by atoms with van der Waals surface area (Å²) in [6.07, 6.45) is 0. The van der Waals surface area contributed by atoms with Crippen molar-refractivity contribution in [1.82, 2.24) is 9.78 Å². The highest BCUT2D eigenvalue weighted by molar-refractivity contribution is 6.36. The molecule has 0 aliphatic rings. The van der Waals surface area contributed by atoms with Crippen molar-refractivity contribution in [2.75, 3.05) is 5.32 Å². The largest absolute Gasteiger partial charge is 0.319 e. The Hall–Kier alpha value is -3.60. The number of fused-ring (bicyclic) bond motifs is 1. The zero-order valence-electron chi connectivity index (χ0n) is 17.7. The smallest absolute Gasteiger partial charge is 0.276 e. The summed E-state index contributed by atoms with van der Waals surface area (Å²) in [4.78, 5) is 13.1. The Morgan fingerprint density at radius 3 is 2.48 bits per heavy atom. The SMILES string of the molecule is Cc1cccc(-n2nc(C(=O)Nc3ccc(Cl)cc3Cl)cc2-c2cccc3ccccc23)c1. The lowest BCUT2D eigenvalue weighted by atomic mass is 10.0. The van der Waals surface area contributed by atoms with E-state index in [2.05, 4.69) is 28.6 Å². The molecule has 0 spiro atoms. The van der Waals surface area contributed by atoms with Crippen LogP contribution >= 0.6 is 23.2 Å². The van der Waals surface area contributed by atoms with Crippen LogP contribution in [0.25, 0.3) is 27.7 Å². The van der Waals surface area contributed by atoms with Crippen LogP contribution in [0, 0.1) is 6.92 Å². The summed E-state index contributed by atoms with van der Waals surface area (Å²) in [6, 6.07) is 29.1. The number of hydrogen-bond donors (Lipinski definition) is 1. The van der Waals surface area contributed by atoms with Crippen LogP contribution in [0.3, 0.4) is 0 Å². The first-order valence-corrected chi connectivity index (χ1v) is 11.2. The lowest BCUT2D eigenvalue weighted by molar-refractivity contribution is 0.102. The molecule has 1 amide bonds. The summed E-state index contributed by atoms with van der Waals surface area (Å²) >= 11 is 12.2. The fourth-order valence-electron chi connectivity index (χ4n) is 3.87. The molecule has 0 aliphatic heterocycles. The molecule has 1 aromatic heterocycles. The number of halogens is 2.